The number of aryl methyl sites for hydroxylation is 2. The minimum atomic E-state index is -4.93. The average molecular weight is 783 g/mol. The van der Waals surface area contributed by atoms with Gasteiger partial charge < -0.3 is 40.1 Å². The molecule has 0 spiro atoms. The number of carbonyl (C=O) groups is 2. The highest BCUT2D eigenvalue weighted by Gasteiger charge is 2.32. The van der Waals surface area contributed by atoms with Crippen LogP contribution < -0.4 is 9.47 Å². The van der Waals surface area contributed by atoms with E-state index >= 15 is 0 Å². The van der Waals surface area contributed by atoms with E-state index in [2.05, 4.69) is 9.47 Å². The molecule has 6 rings (SSSR count). The molecule has 0 saturated carbocycles. The van der Waals surface area contributed by atoms with E-state index in [1.807, 2.05) is 0 Å². The fourth-order valence-electron chi connectivity index (χ4n) is 6.62. The fraction of sp³-hybridized carbons (Fsp3) is 0.150. The Kier molecular flexibility index (Phi) is 9.79. The molecule has 16 heteroatoms. The lowest BCUT2D eigenvalue weighted by atomic mass is 9.86. The summed E-state index contributed by atoms with van der Waals surface area (Å²) in [7, 11) is 0. The van der Waals surface area contributed by atoms with Gasteiger partial charge in [0.05, 0.1) is 11.1 Å². The maximum absolute atomic E-state index is 13.6. The van der Waals surface area contributed by atoms with E-state index in [-0.39, 0.29) is 54.9 Å². The van der Waals surface area contributed by atoms with Crippen molar-refractivity contribution in [1.29, 1.82) is 0 Å². The molecule has 0 amide bonds. The van der Waals surface area contributed by atoms with Gasteiger partial charge >= 0.3 is 12.7 Å². The second kappa shape index (κ2) is 14.1. The lowest BCUT2D eigenvalue weighted by Gasteiger charge is -2.20. The SMILES string of the molecule is Cc1cc2c(C(=O)Cc3ccc(OC(F)(F)F)cc3)c(O)c(O)cc2c(O)c1-c1c(C)cc2c(C(=O)Cc3ccc(OC(F)(F)F)cc3)c(O)c(O)cc2c1O. The quantitative estimate of drug-likeness (QED) is 0.0472. The van der Waals surface area contributed by atoms with Crippen molar-refractivity contribution in [2.75, 3.05) is 0 Å². The molecule has 6 N–H and O–H groups in total. The van der Waals surface area contributed by atoms with Gasteiger partial charge in [0, 0.05) is 45.5 Å². The minimum absolute atomic E-state index is 0.0141. The summed E-state index contributed by atoms with van der Waals surface area (Å²) >= 11 is 0. The van der Waals surface area contributed by atoms with Crippen molar-refractivity contribution in [3.8, 4) is 57.1 Å². The molecule has 0 heterocycles. The van der Waals surface area contributed by atoms with Crippen LogP contribution >= 0.6 is 0 Å². The number of halogens is 6. The van der Waals surface area contributed by atoms with Gasteiger partial charge in [-0.3, -0.25) is 9.59 Å². The van der Waals surface area contributed by atoms with Crippen LogP contribution in [0.25, 0.3) is 32.7 Å². The van der Waals surface area contributed by atoms with Crippen LogP contribution in [0.3, 0.4) is 0 Å². The zero-order valence-corrected chi connectivity index (χ0v) is 28.9. The molecule has 0 aromatic heterocycles. The third-order valence-electron chi connectivity index (χ3n) is 8.99. The topological polar surface area (TPSA) is 174 Å². The molecule has 6 aromatic carbocycles. The maximum atomic E-state index is 13.6. The van der Waals surface area contributed by atoms with Crippen molar-refractivity contribution in [2.45, 2.75) is 39.4 Å². The van der Waals surface area contributed by atoms with Gasteiger partial charge in [0.15, 0.2) is 34.6 Å². The van der Waals surface area contributed by atoms with Gasteiger partial charge in [0.25, 0.3) is 0 Å². The maximum Gasteiger partial charge on any atom is 0.573 e. The van der Waals surface area contributed by atoms with E-state index in [1.54, 1.807) is 0 Å². The van der Waals surface area contributed by atoms with Crippen LogP contribution in [0.2, 0.25) is 0 Å². The van der Waals surface area contributed by atoms with Gasteiger partial charge in [-0.05, 0) is 84.6 Å². The number of ether oxygens (including phenoxy) is 2. The highest BCUT2D eigenvalue weighted by atomic mass is 19.4. The standard InChI is InChI=1S/C40H28F6O10/c1-17-11-23-25(15-29(49)37(53)33(23)27(47)13-19-3-7-21(8-4-19)55-39(41,42)43)35(51)31(17)32-18(2)12-24-26(36(32)52)16-30(50)38(54)34(24)28(48)14-20-5-9-22(10-6-20)56-40(44,45)46/h3-12,15-16,49-54H,13-14H2,1-2H3. The smallest absolute Gasteiger partial charge is 0.507 e. The molecule has 0 aliphatic rings. The molecule has 0 bridgehead atoms. The number of benzene rings is 6. The summed E-state index contributed by atoms with van der Waals surface area (Å²) in [6.45, 7) is 3.01. The van der Waals surface area contributed by atoms with Crippen LogP contribution in [0.15, 0.2) is 72.8 Å². The molecular weight excluding hydrogens is 754 g/mol. The summed E-state index contributed by atoms with van der Waals surface area (Å²) in [4.78, 5) is 27.1. The molecule has 0 radical (unpaired) electrons. The van der Waals surface area contributed by atoms with E-state index in [0.717, 1.165) is 36.4 Å². The number of rotatable bonds is 9. The molecule has 290 valence electrons. The number of aromatic hydroxyl groups is 6. The van der Waals surface area contributed by atoms with Gasteiger partial charge in [-0.2, -0.15) is 0 Å². The Morgan fingerprint density at radius 2 is 0.821 bits per heavy atom. The van der Waals surface area contributed by atoms with Crippen LogP contribution in [-0.2, 0) is 12.8 Å². The van der Waals surface area contributed by atoms with Crippen molar-refractivity contribution in [1.82, 2.24) is 0 Å². The van der Waals surface area contributed by atoms with Crippen LogP contribution in [0.5, 0.6) is 46.0 Å². The number of hydrogen-bond acceptors (Lipinski definition) is 10. The molecule has 0 aliphatic carbocycles. The van der Waals surface area contributed by atoms with Crippen molar-refractivity contribution in [3.63, 3.8) is 0 Å². The first-order valence-corrected chi connectivity index (χ1v) is 16.3. The summed E-state index contributed by atoms with van der Waals surface area (Å²) in [6, 6.07) is 13.6. The number of alkyl halides is 6. The van der Waals surface area contributed by atoms with Crippen LogP contribution in [0.4, 0.5) is 26.3 Å². The van der Waals surface area contributed by atoms with E-state index in [0.29, 0.717) is 0 Å². The van der Waals surface area contributed by atoms with Crippen molar-refractivity contribution in [2.24, 2.45) is 0 Å². The first-order valence-electron chi connectivity index (χ1n) is 16.3. The number of ketones is 2. The average Bonchev–Trinajstić information content (AvgIpc) is 3.09. The Labute approximate surface area is 311 Å². The van der Waals surface area contributed by atoms with E-state index in [1.165, 1.54) is 50.2 Å². The Hall–Kier alpha value is -6.84. The van der Waals surface area contributed by atoms with Gasteiger partial charge in [0.1, 0.15) is 23.0 Å². The van der Waals surface area contributed by atoms with Crippen molar-refractivity contribution >= 4 is 33.1 Å². The Morgan fingerprint density at radius 3 is 1.12 bits per heavy atom. The second-order valence-electron chi connectivity index (χ2n) is 12.8. The third kappa shape index (κ3) is 7.58. The fourth-order valence-corrected chi connectivity index (χ4v) is 6.62. The lowest BCUT2D eigenvalue weighted by molar-refractivity contribution is -0.275. The Morgan fingerprint density at radius 1 is 0.500 bits per heavy atom. The number of phenolic OH excluding ortho intramolecular Hbond substituents is 6. The second-order valence-corrected chi connectivity index (χ2v) is 12.8. The van der Waals surface area contributed by atoms with Crippen LogP contribution in [0, 0.1) is 13.8 Å². The Bertz CT molecular complexity index is 2380. The summed E-state index contributed by atoms with van der Waals surface area (Å²) < 4.78 is 83.2. The van der Waals surface area contributed by atoms with E-state index in [4.69, 9.17) is 0 Å². The molecule has 6 aromatic rings. The van der Waals surface area contributed by atoms with Gasteiger partial charge in [-0.15, -0.1) is 26.3 Å². The van der Waals surface area contributed by atoms with E-state index < -0.39 is 94.3 Å². The molecule has 10 nitrogen and oxygen atoms in total. The number of hydrogen-bond donors (Lipinski definition) is 6. The Balaban J connectivity index is 1.41. The largest absolute Gasteiger partial charge is 0.573 e. The van der Waals surface area contributed by atoms with E-state index in [9.17, 15) is 66.6 Å². The molecule has 0 saturated heterocycles. The number of Topliss-reactive ketones (excluding diaryl/α,β-unsaturated/α-hetero) is 2. The minimum Gasteiger partial charge on any atom is -0.507 e. The zero-order chi connectivity index (χ0) is 41.0. The molecule has 56 heavy (non-hydrogen) atoms. The van der Waals surface area contributed by atoms with Gasteiger partial charge in [0.2, 0.25) is 0 Å². The molecule has 0 fully saturated rings. The van der Waals surface area contributed by atoms with Gasteiger partial charge in [-0.25, -0.2) is 0 Å². The number of carbonyl (C=O) groups excluding carboxylic acids is 2. The van der Waals surface area contributed by atoms with Gasteiger partial charge in [-0.1, -0.05) is 24.3 Å². The zero-order valence-electron chi connectivity index (χ0n) is 28.9. The van der Waals surface area contributed by atoms with Crippen molar-refractivity contribution in [3.05, 3.63) is 106 Å². The van der Waals surface area contributed by atoms with Crippen molar-refractivity contribution < 1.29 is 76.0 Å². The molecule has 0 atom stereocenters. The summed E-state index contributed by atoms with van der Waals surface area (Å²) in [5.74, 6) is -6.98. The summed E-state index contributed by atoms with van der Waals surface area (Å²) in [5.41, 5.74) is 0.0813. The number of fused-ring (bicyclic) bond motifs is 2. The predicted octanol–water partition coefficient (Wildman–Crippen LogP) is 9.16. The summed E-state index contributed by atoms with van der Waals surface area (Å²) in [6.07, 6.45) is -10.8. The lowest BCUT2D eigenvalue weighted by Crippen LogP contribution is -2.17. The normalized spacial score (nSPS) is 11.9. The number of phenols is 6. The first-order chi connectivity index (χ1) is 26.1. The summed E-state index contributed by atoms with van der Waals surface area (Å²) in [5, 5.41) is 65.9. The molecule has 0 unspecified atom stereocenters. The highest BCUT2D eigenvalue weighted by Crippen LogP contribution is 2.51. The first kappa shape index (κ1) is 38.9. The molecule has 0 aliphatic heterocycles. The van der Waals surface area contributed by atoms with Crippen LogP contribution in [0.1, 0.15) is 43.0 Å². The van der Waals surface area contributed by atoms with Crippen LogP contribution in [-0.4, -0.2) is 54.9 Å². The molecular formula is C40H28F6O10. The highest BCUT2D eigenvalue weighted by molar-refractivity contribution is 6.17. The predicted molar refractivity (Wildman–Crippen MR) is 189 cm³/mol. The monoisotopic (exact) mass is 782 g/mol. The third-order valence-corrected chi connectivity index (χ3v) is 8.99.